The Morgan fingerprint density at radius 2 is 1.78 bits per heavy atom. The molecule has 0 bridgehead atoms. The first-order valence-electron chi connectivity index (χ1n) is 9.11. The number of ether oxygens (including phenoxy) is 1. The van der Waals surface area contributed by atoms with Crippen LogP contribution in [0.2, 0.25) is 0 Å². The predicted octanol–water partition coefficient (Wildman–Crippen LogP) is 4.92. The number of nitrogens with one attached hydrogen (secondary N) is 1. The molecular weight excluding hydrogens is 336 g/mol. The van der Waals surface area contributed by atoms with Gasteiger partial charge < -0.3 is 14.6 Å². The second kappa shape index (κ2) is 7.50. The zero-order valence-corrected chi connectivity index (χ0v) is 15.5. The Morgan fingerprint density at radius 1 is 1.00 bits per heavy atom. The van der Waals surface area contributed by atoms with Crippen molar-refractivity contribution in [3.8, 4) is 22.6 Å². The molecule has 2 aromatic carbocycles. The highest BCUT2D eigenvalue weighted by atomic mass is 16.5. The van der Waals surface area contributed by atoms with Crippen LogP contribution in [0.4, 0.5) is 5.82 Å². The molecule has 2 aromatic heterocycles. The second-order valence-corrected chi connectivity index (χ2v) is 6.32. The lowest BCUT2D eigenvalue weighted by Crippen LogP contribution is -2.03. The highest BCUT2D eigenvalue weighted by Gasteiger charge is 2.17. The Morgan fingerprint density at radius 3 is 2.48 bits per heavy atom. The maximum atomic E-state index is 5.29. The van der Waals surface area contributed by atoms with Gasteiger partial charge in [-0.3, -0.25) is 0 Å². The normalized spacial score (nSPS) is 10.9. The van der Waals surface area contributed by atoms with Gasteiger partial charge in [-0.1, -0.05) is 37.3 Å². The van der Waals surface area contributed by atoms with Gasteiger partial charge in [0.05, 0.1) is 12.5 Å². The van der Waals surface area contributed by atoms with Crippen molar-refractivity contribution in [1.82, 2.24) is 14.5 Å². The Bertz CT molecular complexity index is 1040. The summed E-state index contributed by atoms with van der Waals surface area (Å²) in [4.78, 5) is 9.11. The summed E-state index contributed by atoms with van der Waals surface area (Å²) in [5.74, 6) is 1.70. The number of hydrogen-bond donors (Lipinski definition) is 1. The van der Waals surface area contributed by atoms with Crippen LogP contribution in [0.15, 0.2) is 67.1 Å². The molecule has 0 spiro atoms. The summed E-state index contributed by atoms with van der Waals surface area (Å²) in [6.07, 6.45) is 4.79. The average molecular weight is 358 g/mol. The molecule has 5 heteroatoms. The SMILES string of the molecule is CCCNc1ncnc2c1c(-c1ccccc1)cn2-c1ccc(OC)cc1. The summed E-state index contributed by atoms with van der Waals surface area (Å²) in [5, 5.41) is 4.48. The third-order valence-corrected chi connectivity index (χ3v) is 4.56. The van der Waals surface area contributed by atoms with E-state index in [9.17, 15) is 0 Å². The standard InChI is InChI=1S/C22H22N4O/c1-3-13-23-21-20-19(16-7-5-4-6-8-16)14-26(22(20)25-15-24-21)17-9-11-18(27-2)12-10-17/h4-12,14-15H,3,13H2,1-2H3,(H,23,24,25). The van der Waals surface area contributed by atoms with Crippen LogP contribution < -0.4 is 10.1 Å². The lowest BCUT2D eigenvalue weighted by atomic mass is 10.1. The predicted molar refractivity (Wildman–Crippen MR) is 110 cm³/mol. The number of rotatable bonds is 6. The molecule has 0 unspecified atom stereocenters. The van der Waals surface area contributed by atoms with Gasteiger partial charge in [0.15, 0.2) is 5.65 Å². The molecule has 1 N–H and O–H groups in total. The molecule has 27 heavy (non-hydrogen) atoms. The zero-order valence-electron chi connectivity index (χ0n) is 15.5. The monoisotopic (exact) mass is 358 g/mol. The molecule has 0 aliphatic heterocycles. The quantitative estimate of drug-likeness (QED) is 0.532. The van der Waals surface area contributed by atoms with Crippen LogP contribution in [0.25, 0.3) is 27.8 Å². The first kappa shape index (κ1) is 17.1. The van der Waals surface area contributed by atoms with E-state index in [0.29, 0.717) is 0 Å². The largest absolute Gasteiger partial charge is 0.497 e. The van der Waals surface area contributed by atoms with E-state index in [1.807, 2.05) is 30.3 Å². The Kier molecular flexibility index (Phi) is 4.75. The van der Waals surface area contributed by atoms with Crippen LogP contribution >= 0.6 is 0 Å². The summed E-state index contributed by atoms with van der Waals surface area (Å²) < 4.78 is 7.39. The highest BCUT2D eigenvalue weighted by Crippen LogP contribution is 2.35. The number of fused-ring (bicyclic) bond motifs is 1. The topological polar surface area (TPSA) is 52.0 Å². The summed E-state index contributed by atoms with van der Waals surface area (Å²) >= 11 is 0. The van der Waals surface area contributed by atoms with Gasteiger partial charge in [-0.25, -0.2) is 9.97 Å². The minimum absolute atomic E-state index is 0.832. The number of methoxy groups -OCH3 is 1. The number of benzene rings is 2. The molecule has 0 saturated heterocycles. The molecule has 0 atom stereocenters. The van der Waals surface area contributed by atoms with Gasteiger partial charge >= 0.3 is 0 Å². The molecule has 136 valence electrons. The minimum Gasteiger partial charge on any atom is -0.497 e. The van der Waals surface area contributed by atoms with Crippen LogP contribution in [0.5, 0.6) is 5.75 Å². The average Bonchev–Trinajstić information content (AvgIpc) is 3.13. The molecule has 0 saturated carbocycles. The van der Waals surface area contributed by atoms with E-state index in [-0.39, 0.29) is 0 Å². The smallest absolute Gasteiger partial charge is 0.150 e. The molecule has 0 fully saturated rings. The van der Waals surface area contributed by atoms with Crippen molar-refractivity contribution in [3.05, 3.63) is 67.1 Å². The van der Waals surface area contributed by atoms with Crippen molar-refractivity contribution < 1.29 is 4.74 Å². The van der Waals surface area contributed by atoms with Crippen molar-refractivity contribution in [2.45, 2.75) is 13.3 Å². The van der Waals surface area contributed by atoms with Crippen molar-refractivity contribution in [2.75, 3.05) is 19.0 Å². The molecule has 0 aliphatic carbocycles. The minimum atomic E-state index is 0.832. The fraction of sp³-hybridized carbons (Fsp3) is 0.182. The van der Waals surface area contributed by atoms with Crippen LogP contribution in [0, 0.1) is 0 Å². The molecule has 5 nitrogen and oxygen atoms in total. The first-order valence-corrected chi connectivity index (χ1v) is 9.11. The van der Waals surface area contributed by atoms with Crippen molar-refractivity contribution in [3.63, 3.8) is 0 Å². The molecular formula is C22H22N4O. The molecule has 4 rings (SSSR count). The van der Waals surface area contributed by atoms with E-state index in [2.05, 4.69) is 57.2 Å². The Labute approximate surface area is 158 Å². The number of anilines is 1. The number of nitrogens with zero attached hydrogens (tertiary/aromatic N) is 3. The van der Waals surface area contributed by atoms with Gasteiger partial charge in [0.2, 0.25) is 0 Å². The van der Waals surface area contributed by atoms with E-state index in [1.165, 1.54) is 0 Å². The van der Waals surface area contributed by atoms with E-state index in [1.54, 1.807) is 13.4 Å². The maximum Gasteiger partial charge on any atom is 0.150 e. The van der Waals surface area contributed by atoms with Crippen LogP contribution in [-0.2, 0) is 0 Å². The van der Waals surface area contributed by atoms with E-state index < -0.39 is 0 Å². The van der Waals surface area contributed by atoms with Gasteiger partial charge in [-0.15, -0.1) is 0 Å². The van der Waals surface area contributed by atoms with Gasteiger partial charge in [0.1, 0.15) is 17.9 Å². The lowest BCUT2D eigenvalue weighted by Gasteiger charge is -2.08. The number of aromatic nitrogens is 3. The summed E-state index contributed by atoms with van der Waals surface area (Å²) in [6.45, 7) is 3.01. The van der Waals surface area contributed by atoms with Gasteiger partial charge in [-0.2, -0.15) is 0 Å². The van der Waals surface area contributed by atoms with Crippen molar-refractivity contribution >= 4 is 16.9 Å². The van der Waals surface area contributed by atoms with Gasteiger partial charge in [0.25, 0.3) is 0 Å². The van der Waals surface area contributed by atoms with Crippen molar-refractivity contribution in [2.24, 2.45) is 0 Å². The maximum absolute atomic E-state index is 5.29. The molecule has 0 amide bonds. The van der Waals surface area contributed by atoms with Crippen molar-refractivity contribution in [1.29, 1.82) is 0 Å². The lowest BCUT2D eigenvalue weighted by molar-refractivity contribution is 0.415. The molecule has 4 aromatic rings. The van der Waals surface area contributed by atoms with Gasteiger partial charge in [0, 0.05) is 24.0 Å². The summed E-state index contributed by atoms with van der Waals surface area (Å²) in [6, 6.07) is 18.3. The fourth-order valence-corrected chi connectivity index (χ4v) is 3.22. The summed E-state index contributed by atoms with van der Waals surface area (Å²) in [5.41, 5.74) is 4.17. The van der Waals surface area contributed by atoms with Crippen LogP contribution in [0.1, 0.15) is 13.3 Å². The second-order valence-electron chi connectivity index (χ2n) is 6.32. The Hall–Kier alpha value is -3.34. The van der Waals surface area contributed by atoms with Crippen LogP contribution in [0.3, 0.4) is 0 Å². The van der Waals surface area contributed by atoms with E-state index >= 15 is 0 Å². The number of hydrogen-bond acceptors (Lipinski definition) is 4. The van der Waals surface area contributed by atoms with E-state index in [4.69, 9.17) is 4.74 Å². The third-order valence-electron chi connectivity index (χ3n) is 4.56. The molecule has 2 heterocycles. The molecule has 0 radical (unpaired) electrons. The van der Waals surface area contributed by atoms with E-state index in [0.717, 1.165) is 52.4 Å². The molecule has 0 aliphatic rings. The first-order chi connectivity index (χ1) is 13.3. The third kappa shape index (κ3) is 3.24. The summed E-state index contributed by atoms with van der Waals surface area (Å²) in [7, 11) is 1.67. The highest BCUT2D eigenvalue weighted by molar-refractivity contribution is 6.02. The fourth-order valence-electron chi connectivity index (χ4n) is 3.22. The van der Waals surface area contributed by atoms with Crippen LogP contribution in [-0.4, -0.2) is 28.2 Å². The zero-order chi connectivity index (χ0) is 18.6. The Balaban J connectivity index is 1.94. The van der Waals surface area contributed by atoms with Gasteiger partial charge in [-0.05, 0) is 36.2 Å².